The number of ether oxygens (including phenoxy) is 1. The number of aryl methyl sites for hydroxylation is 7. The molecule has 34 nitrogen and oxygen atoms in total. The number of anilines is 6. The fraction of sp³-hybridized carbons (Fsp3) is 0.364. The number of aromatic carboxylic acids is 1. The van der Waals surface area contributed by atoms with E-state index in [1.54, 1.807) is 73.0 Å². The molecule has 10 N–H and O–H groups in total. The number of nitrogens with one attached hydrogen (secondary N) is 9. The molecule has 0 radical (unpaired) electrons. The minimum absolute atomic E-state index is 0.0167. The van der Waals surface area contributed by atoms with Crippen molar-refractivity contribution in [1.29, 1.82) is 0 Å². The molecule has 1 saturated heterocycles. The Morgan fingerprint density at radius 1 is 0.494 bits per heavy atom. The van der Waals surface area contributed by atoms with Gasteiger partial charge in [-0.1, -0.05) is 0 Å². The van der Waals surface area contributed by atoms with Crippen molar-refractivity contribution in [3.05, 3.63) is 108 Å². The van der Waals surface area contributed by atoms with Crippen LogP contribution in [0.15, 0.2) is 67.8 Å². The molecular formula is C55H67N21O13. The molecule has 7 aromatic heterocycles. The van der Waals surface area contributed by atoms with Crippen molar-refractivity contribution >= 4 is 99.7 Å². The Labute approximate surface area is 506 Å². The van der Waals surface area contributed by atoms with Crippen molar-refractivity contribution < 1.29 is 62.6 Å². The molecule has 8 heterocycles. The predicted molar refractivity (Wildman–Crippen MR) is 317 cm³/mol. The van der Waals surface area contributed by atoms with Crippen LogP contribution in [-0.2, 0) is 68.5 Å². The summed E-state index contributed by atoms with van der Waals surface area (Å²) in [5, 5.41) is 33.3. The topological polar surface area (TPSA) is 415 Å². The quantitative estimate of drug-likeness (QED) is 0.0435. The van der Waals surface area contributed by atoms with E-state index in [1.807, 2.05) is 0 Å². The molecule has 1 aliphatic heterocycles. The van der Waals surface area contributed by atoms with Crippen LogP contribution in [0.2, 0.25) is 0 Å². The zero-order chi connectivity index (χ0) is 64.8. The van der Waals surface area contributed by atoms with Crippen LogP contribution in [0, 0.1) is 5.41 Å². The van der Waals surface area contributed by atoms with E-state index in [4.69, 9.17) is 4.74 Å². The number of hydrogen-bond donors (Lipinski definition) is 10. The molecule has 470 valence electrons. The molecule has 89 heavy (non-hydrogen) atoms. The van der Waals surface area contributed by atoms with Crippen LogP contribution >= 0.6 is 0 Å². The molecule has 0 aliphatic carbocycles. The van der Waals surface area contributed by atoms with E-state index in [-0.39, 0.29) is 121 Å². The molecule has 7 aromatic rings. The number of amides is 10. The number of carbonyl (C=O) groups is 11. The Balaban J connectivity index is 0.801. The van der Waals surface area contributed by atoms with Gasteiger partial charge in [0.05, 0.1) is 17.1 Å². The average molecular weight is 1230 g/mol. The van der Waals surface area contributed by atoms with Gasteiger partial charge in [-0.25, -0.2) is 29.5 Å². The van der Waals surface area contributed by atoms with E-state index in [0.29, 0.717) is 5.69 Å². The Hall–Kier alpha value is -11.3. The Bertz CT molecular complexity index is 3950. The highest BCUT2D eigenvalue weighted by molar-refractivity contribution is 6.06. The SMILES string of the molecule is Cn1cc(NC(=O)c2nccn2C)cc1C(=O)NCCC(=O)Nc1cn(C)c(C(=O)Nc2cc(C(=O)NCC3(CC(=O)Nc4cn(C)c(C(=O)NCCC(=O)Nc5cc(C(=O)Nc6cn(C)c(C(=O)O)n6)n(C)c5)n4)CN(C(=O)OC(C)(C)C)C3)n(C)c2)n1. The van der Waals surface area contributed by atoms with Gasteiger partial charge in [-0.3, -0.25) is 43.2 Å². The number of nitrogens with zero attached hydrogens (tertiary/aromatic N) is 12. The maximum Gasteiger partial charge on any atom is 0.410 e. The second-order valence-electron chi connectivity index (χ2n) is 22.2. The van der Waals surface area contributed by atoms with Gasteiger partial charge >= 0.3 is 12.1 Å². The number of rotatable bonds is 23. The van der Waals surface area contributed by atoms with E-state index in [2.05, 4.69) is 67.8 Å². The first-order valence-corrected chi connectivity index (χ1v) is 27.4. The molecule has 0 aromatic carbocycles. The fourth-order valence-corrected chi connectivity index (χ4v) is 9.48. The molecule has 1 fully saturated rings. The van der Waals surface area contributed by atoms with Crippen molar-refractivity contribution in [1.82, 2.24) is 72.8 Å². The van der Waals surface area contributed by atoms with Crippen molar-refractivity contribution in [2.75, 3.05) is 64.6 Å². The molecule has 0 atom stereocenters. The number of carbonyl (C=O) groups excluding carboxylic acids is 10. The Kier molecular flexibility index (Phi) is 18.7. The third-order valence-electron chi connectivity index (χ3n) is 13.7. The zero-order valence-electron chi connectivity index (χ0n) is 50.2. The van der Waals surface area contributed by atoms with Gasteiger partial charge in [0.15, 0.2) is 23.3 Å². The standard InChI is InChI=1S/C55H67N21O13/c1-54(2,3)89-53(88)76-28-55(29-76,20-41(79)64-37-25-73(8)43(65-37)49(83)58-14-11-39(77)60-30-17-35(72(7)21-30)48(82)68-38-26-75(10)45(67-38)52(86)87)27-59-47(81)34-19-32(23-71(34)6)62-51(85)44-66-36(24-74(44)9)63-40(78)12-13-57-46(80)33-18-31(22-70(33)5)61-50(84)42-56-15-16-69(42)4/h15-19,21-26H,11-14,20,27-29H2,1-10H3,(H,57,80)(H,58,83)(H,59,81)(H,60,77)(H,61,84)(H,62,85)(H,63,78)(H,64,79)(H,68,82)(H,86,87). The van der Waals surface area contributed by atoms with E-state index in [0.717, 1.165) is 0 Å². The van der Waals surface area contributed by atoms with E-state index >= 15 is 0 Å². The molecule has 0 unspecified atom stereocenters. The number of aromatic nitrogens is 11. The number of likely N-dealkylation sites (tertiary alicyclic amines) is 1. The first kappa shape index (κ1) is 63.7. The number of imidazole rings is 4. The largest absolute Gasteiger partial charge is 0.475 e. The molecule has 10 amide bonds. The summed E-state index contributed by atoms with van der Waals surface area (Å²) in [5.74, 6) is -6.46. The molecule has 0 saturated carbocycles. The van der Waals surface area contributed by atoms with E-state index in [1.165, 1.54) is 102 Å². The summed E-state index contributed by atoms with van der Waals surface area (Å²) in [6, 6.07) is 4.32. The smallest absolute Gasteiger partial charge is 0.410 e. The normalized spacial score (nSPS) is 12.5. The lowest BCUT2D eigenvalue weighted by molar-refractivity contribution is -0.122. The van der Waals surface area contributed by atoms with Gasteiger partial charge in [0.2, 0.25) is 35.2 Å². The van der Waals surface area contributed by atoms with Gasteiger partial charge in [-0.15, -0.1) is 0 Å². The maximum atomic E-state index is 13.8. The van der Waals surface area contributed by atoms with Crippen molar-refractivity contribution in [2.45, 2.75) is 45.6 Å². The third kappa shape index (κ3) is 15.8. The lowest BCUT2D eigenvalue weighted by Crippen LogP contribution is -2.64. The van der Waals surface area contributed by atoms with Crippen LogP contribution in [-0.4, -0.2) is 165 Å². The summed E-state index contributed by atoms with van der Waals surface area (Å²) >= 11 is 0. The summed E-state index contributed by atoms with van der Waals surface area (Å²) in [7, 11) is 11.0. The van der Waals surface area contributed by atoms with Crippen molar-refractivity contribution in [2.24, 2.45) is 54.7 Å². The Morgan fingerprint density at radius 2 is 0.933 bits per heavy atom. The molecule has 0 spiro atoms. The maximum absolute atomic E-state index is 13.8. The van der Waals surface area contributed by atoms with Crippen molar-refractivity contribution in [3.8, 4) is 0 Å². The monoisotopic (exact) mass is 1230 g/mol. The Morgan fingerprint density at radius 3 is 1.44 bits per heavy atom. The molecule has 34 heteroatoms. The molecule has 0 bridgehead atoms. The molecule has 8 rings (SSSR count). The van der Waals surface area contributed by atoms with E-state index in [9.17, 15) is 57.8 Å². The van der Waals surface area contributed by atoms with Gasteiger partial charge < -0.3 is 94.6 Å². The van der Waals surface area contributed by atoms with Crippen LogP contribution in [0.1, 0.15) is 114 Å². The predicted octanol–water partition coefficient (Wildman–Crippen LogP) is 1.60. The second-order valence-corrected chi connectivity index (χ2v) is 22.2. The summed E-state index contributed by atoms with van der Waals surface area (Å²) in [4.78, 5) is 161. The number of hydrogen-bond acceptors (Lipinski definition) is 16. The summed E-state index contributed by atoms with van der Waals surface area (Å²) in [6.07, 6.45) is 10.7. The minimum atomic E-state index is -1.27. The summed E-state index contributed by atoms with van der Waals surface area (Å²) in [5.41, 5.74) is -0.453. The number of carboxylic acid groups (broad SMARTS) is 1. The first-order chi connectivity index (χ1) is 41.9. The van der Waals surface area contributed by atoms with Gasteiger partial charge in [0.25, 0.3) is 35.4 Å². The summed E-state index contributed by atoms with van der Waals surface area (Å²) in [6.45, 7) is 4.92. The lowest BCUT2D eigenvalue weighted by Gasteiger charge is -2.49. The van der Waals surface area contributed by atoms with Crippen LogP contribution in [0.3, 0.4) is 0 Å². The third-order valence-corrected chi connectivity index (χ3v) is 13.7. The minimum Gasteiger partial charge on any atom is -0.475 e. The zero-order valence-corrected chi connectivity index (χ0v) is 50.2. The summed E-state index contributed by atoms with van der Waals surface area (Å²) < 4.78 is 15.5. The molecular weight excluding hydrogens is 1160 g/mol. The highest BCUT2D eigenvalue weighted by atomic mass is 16.6. The van der Waals surface area contributed by atoms with Crippen LogP contribution in [0.4, 0.5) is 39.3 Å². The van der Waals surface area contributed by atoms with E-state index < -0.39 is 76.2 Å². The lowest BCUT2D eigenvalue weighted by atomic mass is 9.76. The van der Waals surface area contributed by atoms with Gasteiger partial charge in [-0.2, -0.15) is 0 Å². The van der Waals surface area contributed by atoms with Gasteiger partial charge in [0, 0.05) is 156 Å². The van der Waals surface area contributed by atoms with Crippen molar-refractivity contribution in [3.63, 3.8) is 0 Å². The van der Waals surface area contributed by atoms with Crippen LogP contribution < -0.4 is 47.9 Å². The fourth-order valence-electron chi connectivity index (χ4n) is 9.48. The second kappa shape index (κ2) is 26.1. The highest BCUT2D eigenvalue weighted by Crippen LogP contribution is 2.35. The first-order valence-electron chi connectivity index (χ1n) is 27.4. The number of carboxylic acids is 1. The van der Waals surface area contributed by atoms with Crippen LogP contribution in [0.25, 0.3) is 0 Å². The van der Waals surface area contributed by atoms with Gasteiger partial charge in [0.1, 0.15) is 22.7 Å². The van der Waals surface area contributed by atoms with Crippen LogP contribution in [0.5, 0.6) is 0 Å². The average Bonchev–Trinajstić information content (AvgIpc) is 1.89. The highest BCUT2D eigenvalue weighted by Gasteiger charge is 2.48. The van der Waals surface area contributed by atoms with Gasteiger partial charge in [-0.05, 0) is 39.0 Å². The molecule has 1 aliphatic rings.